The first-order chi connectivity index (χ1) is 16.9. The molecule has 2 N–H and O–H groups in total. The van der Waals surface area contributed by atoms with Gasteiger partial charge in [0.25, 0.3) is 0 Å². The molecule has 0 radical (unpaired) electrons. The number of ether oxygens (including phenoxy) is 3. The number of nitrogens with one attached hydrogen (secondary N) is 2. The fourth-order valence-electron chi connectivity index (χ4n) is 4.35. The van der Waals surface area contributed by atoms with E-state index >= 15 is 0 Å². The second-order valence-corrected chi connectivity index (χ2v) is 9.99. The van der Waals surface area contributed by atoms with Crippen LogP contribution in [0.25, 0.3) is 11.4 Å². The van der Waals surface area contributed by atoms with Crippen LogP contribution in [-0.2, 0) is 24.3 Å². The molecule has 3 heterocycles. The monoisotopic (exact) mass is 500 g/mol. The summed E-state index contributed by atoms with van der Waals surface area (Å²) in [7, 11) is -2.26. The Hall–Kier alpha value is -3.39. The van der Waals surface area contributed by atoms with E-state index in [1.54, 1.807) is 11.8 Å². The Morgan fingerprint density at radius 1 is 1.11 bits per heavy atom. The number of carbonyl (C=O) groups is 1. The van der Waals surface area contributed by atoms with Crippen molar-refractivity contribution < 1.29 is 27.4 Å². The SMILES string of the molecule is COc1cccc(-c2nnnn2C2COC3C(NS(=O)(=O)c4ccc(NC(C)=O)cc4)COC32)c1. The van der Waals surface area contributed by atoms with Crippen LogP contribution in [0, 0.1) is 0 Å². The number of rotatable bonds is 7. The minimum absolute atomic E-state index is 0.0744. The van der Waals surface area contributed by atoms with E-state index in [1.807, 2.05) is 24.3 Å². The molecule has 184 valence electrons. The Balaban J connectivity index is 1.31. The number of carbonyl (C=O) groups excluding carboxylic acids is 1. The fraction of sp³-hybridized carbons (Fsp3) is 0.364. The summed E-state index contributed by atoms with van der Waals surface area (Å²) in [6.45, 7) is 1.79. The molecular weight excluding hydrogens is 476 g/mol. The number of methoxy groups -OCH3 is 1. The van der Waals surface area contributed by atoms with E-state index in [9.17, 15) is 13.2 Å². The van der Waals surface area contributed by atoms with Crippen LogP contribution >= 0.6 is 0 Å². The molecule has 2 aliphatic heterocycles. The standard InChI is InChI=1S/C22H24N6O6S/c1-13(29)23-15-6-8-17(9-7-15)35(30,31)25-18-11-33-21-19(12-34-20(18)21)28-22(24-26-27-28)14-4-3-5-16(10-14)32-2/h3-10,18-21,25H,11-12H2,1-2H3,(H,23,29). The van der Waals surface area contributed by atoms with Crippen molar-refractivity contribution in [2.24, 2.45) is 0 Å². The first-order valence-corrected chi connectivity index (χ1v) is 12.4. The average Bonchev–Trinajstić information content (AvgIpc) is 3.56. The highest BCUT2D eigenvalue weighted by Gasteiger charge is 2.50. The van der Waals surface area contributed by atoms with Crippen molar-refractivity contribution in [3.05, 3.63) is 48.5 Å². The number of nitrogens with zero attached hydrogens (tertiary/aromatic N) is 4. The number of sulfonamides is 1. The van der Waals surface area contributed by atoms with E-state index in [1.165, 1.54) is 31.2 Å². The maximum Gasteiger partial charge on any atom is 0.240 e. The van der Waals surface area contributed by atoms with Gasteiger partial charge in [-0.3, -0.25) is 4.79 Å². The Morgan fingerprint density at radius 2 is 1.89 bits per heavy atom. The average molecular weight is 501 g/mol. The van der Waals surface area contributed by atoms with Gasteiger partial charge in [0.1, 0.15) is 24.0 Å². The first kappa shape index (κ1) is 23.4. The van der Waals surface area contributed by atoms with Gasteiger partial charge in [0.2, 0.25) is 15.9 Å². The molecule has 1 amide bonds. The van der Waals surface area contributed by atoms with Crippen LogP contribution < -0.4 is 14.8 Å². The molecule has 2 fully saturated rings. The molecule has 0 aliphatic carbocycles. The van der Waals surface area contributed by atoms with Crippen LogP contribution in [0.1, 0.15) is 13.0 Å². The third-order valence-electron chi connectivity index (χ3n) is 5.95. The Bertz CT molecular complexity index is 1330. The molecule has 1 aromatic heterocycles. The van der Waals surface area contributed by atoms with Gasteiger partial charge in [-0.15, -0.1) is 5.10 Å². The topological polar surface area (TPSA) is 147 Å². The van der Waals surface area contributed by atoms with E-state index in [-0.39, 0.29) is 30.1 Å². The predicted molar refractivity (Wildman–Crippen MR) is 123 cm³/mol. The lowest BCUT2D eigenvalue weighted by Crippen LogP contribution is -2.44. The second-order valence-electron chi connectivity index (χ2n) is 8.28. The number of hydrogen-bond donors (Lipinski definition) is 2. The Morgan fingerprint density at radius 3 is 2.63 bits per heavy atom. The maximum absolute atomic E-state index is 13.0. The quantitative estimate of drug-likeness (QED) is 0.485. The van der Waals surface area contributed by atoms with Gasteiger partial charge in [-0.25, -0.2) is 17.8 Å². The summed E-state index contributed by atoms with van der Waals surface area (Å²) in [4.78, 5) is 11.3. The summed E-state index contributed by atoms with van der Waals surface area (Å²) in [6.07, 6.45) is -0.937. The molecule has 0 saturated carbocycles. The normalized spacial score (nSPS) is 23.7. The molecule has 2 saturated heterocycles. The van der Waals surface area contributed by atoms with Crippen LogP contribution in [0.15, 0.2) is 53.4 Å². The van der Waals surface area contributed by atoms with E-state index in [4.69, 9.17) is 14.2 Å². The van der Waals surface area contributed by atoms with E-state index < -0.39 is 28.3 Å². The van der Waals surface area contributed by atoms with Gasteiger partial charge in [0, 0.05) is 18.2 Å². The predicted octanol–water partition coefficient (Wildman–Crippen LogP) is 0.993. The van der Waals surface area contributed by atoms with Gasteiger partial charge in [-0.05, 0) is 46.8 Å². The molecule has 2 aliphatic rings. The lowest BCUT2D eigenvalue weighted by atomic mass is 10.1. The largest absolute Gasteiger partial charge is 0.497 e. The summed E-state index contributed by atoms with van der Waals surface area (Å²) in [5.74, 6) is 0.970. The third kappa shape index (κ3) is 4.62. The second kappa shape index (κ2) is 9.34. The lowest BCUT2D eigenvalue weighted by molar-refractivity contribution is -0.114. The van der Waals surface area contributed by atoms with Gasteiger partial charge in [0.05, 0.1) is 31.3 Å². The number of anilines is 1. The summed E-state index contributed by atoms with van der Waals surface area (Å²) in [6, 6.07) is 12.4. The van der Waals surface area contributed by atoms with Crippen molar-refractivity contribution in [1.82, 2.24) is 24.9 Å². The molecule has 4 atom stereocenters. The summed E-state index contributed by atoms with van der Waals surface area (Å²) in [5, 5.41) is 14.8. The molecule has 13 heteroatoms. The fourth-order valence-corrected chi connectivity index (χ4v) is 5.58. The molecule has 35 heavy (non-hydrogen) atoms. The molecular formula is C22H24N6O6S. The van der Waals surface area contributed by atoms with Crippen molar-refractivity contribution in [1.29, 1.82) is 0 Å². The van der Waals surface area contributed by atoms with Crippen LogP contribution in [-0.4, -0.2) is 73.1 Å². The van der Waals surface area contributed by atoms with E-state index in [0.717, 1.165) is 5.56 Å². The number of tetrazole rings is 1. The summed E-state index contributed by atoms with van der Waals surface area (Å²) < 4.78 is 47.5. The van der Waals surface area contributed by atoms with E-state index in [0.29, 0.717) is 17.3 Å². The molecule has 5 rings (SSSR count). The Kier molecular flexibility index (Phi) is 6.23. The number of aromatic nitrogens is 4. The summed E-state index contributed by atoms with van der Waals surface area (Å²) in [5.41, 5.74) is 1.28. The van der Waals surface area contributed by atoms with Crippen LogP contribution in [0.4, 0.5) is 5.69 Å². The number of fused-ring (bicyclic) bond motifs is 1. The zero-order valence-corrected chi connectivity index (χ0v) is 19.8. The van der Waals surface area contributed by atoms with Crippen LogP contribution in [0.2, 0.25) is 0 Å². The first-order valence-electron chi connectivity index (χ1n) is 10.9. The van der Waals surface area contributed by atoms with Crippen molar-refractivity contribution >= 4 is 21.6 Å². The number of benzene rings is 2. The molecule has 12 nitrogen and oxygen atoms in total. The summed E-state index contributed by atoms with van der Waals surface area (Å²) >= 11 is 0. The van der Waals surface area contributed by atoms with Crippen molar-refractivity contribution in [3.8, 4) is 17.1 Å². The van der Waals surface area contributed by atoms with Crippen LogP contribution in [0.3, 0.4) is 0 Å². The van der Waals surface area contributed by atoms with Crippen molar-refractivity contribution in [2.75, 3.05) is 25.6 Å². The van der Waals surface area contributed by atoms with Gasteiger partial charge in [-0.2, -0.15) is 0 Å². The zero-order chi connectivity index (χ0) is 24.6. The smallest absolute Gasteiger partial charge is 0.240 e. The van der Waals surface area contributed by atoms with Gasteiger partial charge in [-0.1, -0.05) is 12.1 Å². The van der Waals surface area contributed by atoms with Crippen LogP contribution in [0.5, 0.6) is 5.75 Å². The third-order valence-corrected chi connectivity index (χ3v) is 7.46. The number of amides is 1. The minimum Gasteiger partial charge on any atom is -0.497 e. The van der Waals surface area contributed by atoms with Crippen molar-refractivity contribution in [3.63, 3.8) is 0 Å². The minimum atomic E-state index is -3.84. The molecule has 2 aromatic carbocycles. The molecule has 4 unspecified atom stereocenters. The van der Waals surface area contributed by atoms with Gasteiger partial charge >= 0.3 is 0 Å². The highest BCUT2D eigenvalue weighted by molar-refractivity contribution is 7.89. The highest BCUT2D eigenvalue weighted by atomic mass is 32.2. The van der Waals surface area contributed by atoms with Gasteiger partial charge < -0.3 is 19.5 Å². The van der Waals surface area contributed by atoms with Gasteiger partial charge in [0.15, 0.2) is 5.82 Å². The molecule has 3 aromatic rings. The molecule has 0 bridgehead atoms. The molecule has 0 spiro atoms. The maximum atomic E-state index is 13.0. The van der Waals surface area contributed by atoms with E-state index in [2.05, 4.69) is 25.6 Å². The lowest BCUT2D eigenvalue weighted by Gasteiger charge is -2.18. The Labute approximate surface area is 201 Å². The van der Waals surface area contributed by atoms with Crippen molar-refractivity contribution in [2.45, 2.75) is 36.1 Å². The highest BCUT2D eigenvalue weighted by Crippen LogP contribution is 2.36. The number of hydrogen-bond acceptors (Lipinski definition) is 9. The zero-order valence-electron chi connectivity index (χ0n) is 19.0.